The molecule has 74 valence electrons. The predicted octanol–water partition coefficient (Wildman–Crippen LogP) is 2.28. The fraction of sp³-hybridized carbons (Fsp3) is 0.125. The first-order valence-electron chi connectivity index (χ1n) is 3.53. The number of rotatable bonds is 2. The van der Waals surface area contributed by atoms with E-state index in [9.17, 15) is 8.42 Å². The molecule has 6 heteroatoms. The molecule has 0 aliphatic carbocycles. The Labute approximate surface area is 91.3 Å². The van der Waals surface area contributed by atoms with Crippen molar-refractivity contribution in [1.29, 1.82) is 5.26 Å². The number of hydrogen-bond donors (Lipinski definition) is 0. The van der Waals surface area contributed by atoms with Crippen molar-refractivity contribution in [3.05, 3.63) is 34.3 Å². The van der Waals surface area contributed by atoms with Gasteiger partial charge in [0.25, 0.3) is 0 Å². The minimum atomic E-state index is -3.60. The van der Waals surface area contributed by atoms with Crippen molar-refractivity contribution in [3.8, 4) is 6.07 Å². The Bertz CT molecular complexity index is 491. The van der Waals surface area contributed by atoms with Crippen molar-refractivity contribution in [2.45, 2.75) is 5.75 Å². The molecule has 0 aliphatic rings. The fourth-order valence-corrected chi connectivity index (χ4v) is 2.06. The molecule has 0 amide bonds. The average Bonchev–Trinajstić information content (AvgIpc) is 2.06. The molecule has 0 aliphatic heterocycles. The third-order valence-electron chi connectivity index (χ3n) is 1.49. The fourth-order valence-electron chi connectivity index (χ4n) is 0.947. The lowest BCUT2D eigenvalue weighted by molar-refractivity contribution is 0.609. The van der Waals surface area contributed by atoms with E-state index in [0.29, 0.717) is 10.6 Å². The van der Waals surface area contributed by atoms with Gasteiger partial charge in [0.05, 0.1) is 16.3 Å². The summed E-state index contributed by atoms with van der Waals surface area (Å²) in [5.41, 5.74) is 0.686. The molecule has 0 fully saturated rings. The van der Waals surface area contributed by atoms with Crippen LogP contribution in [0.4, 0.5) is 0 Å². The van der Waals surface area contributed by atoms with E-state index in [1.165, 1.54) is 18.2 Å². The van der Waals surface area contributed by atoms with Crippen molar-refractivity contribution in [3.63, 3.8) is 0 Å². The Hall–Kier alpha value is -0.760. The van der Waals surface area contributed by atoms with Gasteiger partial charge in [-0.15, -0.1) is 0 Å². The lowest BCUT2D eigenvalue weighted by atomic mass is 10.1. The summed E-state index contributed by atoms with van der Waals surface area (Å²) >= 11 is 5.66. The quantitative estimate of drug-likeness (QED) is 0.756. The molecule has 0 spiro atoms. The third kappa shape index (κ3) is 3.18. The van der Waals surface area contributed by atoms with Gasteiger partial charge in [0.2, 0.25) is 9.05 Å². The van der Waals surface area contributed by atoms with Crippen LogP contribution in [-0.4, -0.2) is 8.42 Å². The van der Waals surface area contributed by atoms with E-state index in [2.05, 4.69) is 0 Å². The van der Waals surface area contributed by atoms with Crippen LogP contribution in [0.3, 0.4) is 0 Å². The smallest absolute Gasteiger partial charge is 0.212 e. The van der Waals surface area contributed by atoms with Gasteiger partial charge in [-0.05, 0) is 17.7 Å². The highest BCUT2D eigenvalue weighted by Gasteiger charge is 2.08. The predicted molar refractivity (Wildman–Crippen MR) is 54.6 cm³/mol. The summed E-state index contributed by atoms with van der Waals surface area (Å²) in [5.74, 6) is -0.305. The van der Waals surface area contributed by atoms with E-state index >= 15 is 0 Å². The van der Waals surface area contributed by atoms with Crippen molar-refractivity contribution in [2.24, 2.45) is 0 Å². The standard InChI is InChI=1S/C8H5Cl2NO2S/c9-8-2-1-6(3-7(8)4-11)5-14(10,12)13/h1-3H,5H2. The van der Waals surface area contributed by atoms with Gasteiger partial charge >= 0.3 is 0 Å². The zero-order valence-electron chi connectivity index (χ0n) is 6.87. The van der Waals surface area contributed by atoms with Gasteiger partial charge in [-0.1, -0.05) is 17.7 Å². The van der Waals surface area contributed by atoms with Crippen molar-refractivity contribution < 1.29 is 8.42 Å². The van der Waals surface area contributed by atoms with Crippen LogP contribution in [0.1, 0.15) is 11.1 Å². The topological polar surface area (TPSA) is 57.9 Å². The lowest BCUT2D eigenvalue weighted by Crippen LogP contribution is -1.95. The molecule has 0 unspecified atom stereocenters. The van der Waals surface area contributed by atoms with E-state index in [0.717, 1.165) is 0 Å². The second-order valence-electron chi connectivity index (χ2n) is 2.61. The Morgan fingerprint density at radius 2 is 2.07 bits per heavy atom. The number of nitrogens with zero attached hydrogens (tertiary/aromatic N) is 1. The van der Waals surface area contributed by atoms with Crippen LogP contribution >= 0.6 is 22.3 Å². The molecule has 0 bridgehead atoms. The highest BCUT2D eigenvalue weighted by molar-refractivity contribution is 8.13. The summed E-state index contributed by atoms with van der Waals surface area (Å²) in [5, 5.41) is 8.92. The maximum atomic E-state index is 10.7. The van der Waals surface area contributed by atoms with Crippen molar-refractivity contribution in [2.75, 3.05) is 0 Å². The van der Waals surface area contributed by atoms with E-state index in [-0.39, 0.29) is 11.3 Å². The molecule has 0 saturated carbocycles. The number of nitriles is 1. The molecule has 1 aromatic carbocycles. The summed E-state index contributed by atoms with van der Waals surface area (Å²) in [7, 11) is 1.46. The second-order valence-corrected chi connectivity index (χ2v) is 5.79. The van der Waals surface area contributed by atoms with Crippen LogP contribution in [0, 0.1) is 11.3 Å². The first kappa shape index (κ1) is 11.3. The number of benzene rings is 1. The normalized spacial score (nSPS) is 10.9. The number of hydrogen-bond acceptors (Lipinski definition) is 3. The average molecular weight is 250 g/mol. The number of halogens is 2. The van der Waals surface area contributed by atoms with Crippen LogP contribution in [0.2, 0.25) is 5.02 Å². The largest absolute Gasteiger partial charge is 0.236 e. The molecule has 3 nitrogen and oxygen atoms in total. The Kier molecular flexibility index (Phi) is 3.38. The zero-order chi connectivity index (χ0) is 10.8. The van der Waals surface area contributed by atoms with Crippen molar-refractivity contribution >= 4 is 31.3 Å². The van der Waals surface area contributed by atoms with E-state index in [1.807, 2.05) is 6.07 Å². The second kappa shape index (κ2) is 4.18. The van der Waals surface area contributed by atoms with E-state index < -0.39 is 9.05 Å². The van der Waals surface area contributed by atoms with E-state index in [4.69, 9.17) is 27.5 Å². The van der Waals surface area contributed by atoms with Crippen LogP contribution in [0.5, 0.6) is 0 Å². The van der Waals surface area contributed by atoms with Gasteiger partial charge < -0.3 is 0 Å². The molecule has 14 heavy (non-hydrogen) atoms. The minimum Gasteiger partial charge on any atom is -0.212 e. The highest BCUT2D eigenvalue weighted by Crippen LogP contribution is 2.18. The summed E-state index contributed by atoms with van der Waals surface area (Å²) in [6.07, 6.45) is 0. The third-order valence-corrected chi connectivity index (χ3v) is 2.83. The molecule has 0 N–H and O–H groups in total. The van der Waals surface area contributed by atoms with Gasteiger partial charge in [0, 0.05) is 10.7 Å². The molecule has 0 heterocycles. The van der Waals surface area contributed by atoms with Crippen LogP contribution < -0.4 is 0 Å². The van der Waals surface area contributed by atoms with Gasteiger partial charge in [-0.3, -0.25) is 0 Å². The maximum absolute atomic E-state index is 10.7. The van der Waals surface area contributed by atoms with Crippen LogP contribution in [0.15, 0.2) is 18.2 Å². The molecule has 1 rings (SSSR count). The monoisotopic (exact) mass is 249 g/mol. The molecule has 0 atom stereocenters. The Morgan fingerprint density at radius 1 is 1.43 bits per heavy atom. The minimum absolute atomic E-state index is 0.240. The van der Waals surface area contributed by atoms with Crippen LogP contribution in [0.25, 0.3) is 0 Å². The lowest BCUT2D eigenvalue weighted by Gasteiger charge is -1.99. The molecule has 0 saturated heterocycles. The van der Waals surface area contributed by atoms with Gasteiger partial charge in [0.15, 0.2) is 0 Å². The van der Waals surface area contributed by atoms with Gasteiger partial charge in [-0.25, -0.2) is 8.42 Å². The molecule has 1 aromatic rings. The highest BCUT2D eigenvalue weighted by atomic mass is 35.7. The maximum Gasteiger partial charge on any atom is 0.236 e. The van der Waals surface area contributed by atoms with Gasteiger partial charge in [-0.2, -0.15) is 5.26 Å². The van der Waals surface area contributed by atoms with E-state index in [1.54, 1.807) is 0 Å². The van der Waals surface area contributed by atoms with Gasteiger partial charge in [0.1, 0.15) is 6.07 Å². The molecular formula is C8H5Cl2NO2S. The SMILES string of the molecule is N#Cc1cc(CS(=O)(=O)Cl)ccc1Cl. The molecule has 0 aromatic heterocycles. The summed E-state index contributed by atoms with van der Waals surface area (Å²) in [4.78, 5) is 0. The first-order valence-corrected chi connectivity index (χ1v) is 6.39. The molecular weight excluding hydrogens is 245 g/mol. The first-order chi connectivity index (χ1) is 6.42. The molecule has 0 radical (unpaired) electrons. The Morgan fingerprint density at radius 3 is 2.57 bits per heavy atom. The summed E-state index contributed by atoms with van der Waals surface area (Å²) in [6.45, 7) is 0. The zero-order valence-corrected chi connectivity index (χ0v) is 9.20. The Balaban J connectivity index is 3.09. The summed E-state index contributed by atoms with van der Waals surface area (Å²) < 4.78 is 21.5. The van der Waals surface area contributed by atoms with Crippen molar-refractivity contribution in [1.82, 2.24) is 0 Å². The van der Waals surface area contributed by atoms with Crippen LogP contribution in [-0.2, 0) is 14.8 Å². The summed E-state index contributed by atoms with van der Waals surface area (Å²) in [6, 6.07) is 6.24.